The lowest BCUT2D eigenvalue weighted by Gasteiger charge is -2.19. The van der Waals surface area contributed by atoms with E-state index in [1.807, 2.05) is 0 Å². The SMILES string of the molecule is COc1cc(F)c(C2CNC(=O)C2Nc2nnc(-c3ccc(Oc4cnccn4)cc3)o2)c(F)c1. The number of ether oxygens (including phenoxy) is 2. The first-order chi connectivity index (χ1) is 17.0. The minimum atomic E-state index is -1.02. The Labute approximate surface area is 197 Å². The predicted octanol–water partition coefficient (Wildman–Crippen LogP) is 3.30. The summed E-state index contributed by atoms with van der Waals surface area (Å²) in [6.45, 7) is 0.0327. The average Bonchev–Trinajstić information content (AvgIpc) is 3.47. The van der Waals surface area contributed by atoms with E-state index in [2.05, 4.69) is 30.8 Å². The molecule has 0 aliphatic carbocycles. The lowest BCUT2D eigenvalue weighted by molar-refractivity contribution is -0.119. The second-order valence-corrected chi connectivity index (χ2v) is 7.56. The molecule has 2 aromatic carbocycles. The molecule has 3 heterocycles. The third-order valence-electron chi connectivity index (χ3n) is 5.41. The van der Waals surface area contributed by atoms with Crippen molar-refractivity contribution < 1.29 is 27.5 Å². The second-order valence-electron chi connectivity index (χ2n) is 7.56. The number of rotatable bonds is 7. The molecular formula is C23H18F2N6O4. The van der Waals surface area contributed by atoms with Crippen molar-refractivity contribution in [3.8, 4) is 28.8 Å². The average molecular weight is 480 g/mol. The predicted molar refractivity (Wildman–Crippen MR) is 118 cm³/mol. The molecule has 0 radical (unpaired) electrons. The van der Waals surface area contributed by atoms with Gasteiger partial charge < -0.3 is 24.5 Å². The van der Waals surface area contributed by atoms with Gasteiger partial charge in [0.2, 0.25) is 17.7 Å². The normalized spacial score (nSPS) is 17.2. The van der Waals surface area contributed by atoms with Crippen molar-refractivity contribution in [3.63, 3.8) is 0 Å². The zero-order valence-corrected chi connectivity index (χ0v) is 18.2. The molecule has 1 aliphatic heterocycles. The molecule has 12 heteroatoms. The zero-order chi connectivity index (χ0) is 24.4. The van der Waals surface area contributed by atoms with Crippen LogP contribution >= 0.6 is 0 Å². The molecule has 2 unspecified atom stereocenters. The van der Waals surface area contributed by atoms with Gasteiger partial charge in [-0.15, -0.1) is 5.10 Å². The number of nitrogens with zero attached hydrogens (tertiary/aromatic N) is 4. The third-order valence-corrected chi connectivity index (χ3v) is 5.41. The van der Waals surface area contributed by atoms with Crippen LogP contribution in [-0.2, 0) is 4.79 Å². The van der Waals surface area contributed by atoms with Crippen molar-refractivity contribution >= 4 is 11.9 Å². The van der Waals surface area contributed by atoms with Gasteiger partial charge >= 0.3 is 6.01 Å². The van der Waals surface area contributed by atoms with E-state index >= 15 is 0 Å². The van der Waals surface area contributed by atoms with Crippen LogP contribution in [0.5, 0.6) is 17.4 Å². The quantitative estimate of drug-likeness (QED) is 0.410. The van der Waals surface area contributed by atoms with Crippen molar-refractivity contribution in [1.82, 2.24) is 25.5 Å². The number of hydrogen-bond donors (Lipinski definition) is 2. The lowest BCUT2D eigenvalue weighted by atomic mass is 9.93. The van der Waals surface area contributed by atoms with E-state index in [0.29, 0.717) is 17.2 Å². The number of benzene rings is 2. The molecule has 0 spiro atoms. The van der Waals surface area contributed by atoms with E-state index in [1.54, 1.807) is 30.5 Å². The third kappa shape index (κ3) is 4.58. The highest BCUT2D eigenvalue weighted by molar-refractivity contribution is 5.88. The van der Waals surface area contributed by atoms with Crippen molar-refractivity contribution in [2.75, 3.05) is 19.0 Å². The summed E-state index contributed by atoms with van der Waals surface area (Å²) in [7, 11) is 1.31. The monoisotopic (exact) mass is 480 g/mol. The molecule has 0 saturated carbocycles. The van der Waals surface area contributed by atoms with Crippen LogP contribution in [0, 0.1) is 11.6 Å². The summed E-state index contributed by atoms with van der Waals surface area (Å²) >= 11 is 0. The number of nitrogens with one attached hydrogen (secondary N) is 2. The maximum Gasteiger partial charge on any atom is 0.316 e. The Kier molecular flexibility index (Phi) is 5.92. The van der Waals surface area contributed by atoms with Gasteiger partial charge in [-0.05, 0) is 24.3 Å². The van der Waals surface area contributed by atoms with Gasteiger partial charge in [-0.25, -0.2) is 13.8 Å². The summed E-state index contributed by atoms with van der Waals surface area (Å²) in [6.07, 6.45) is 4.54. The molecular weight excluding hydrogens is 462 g/mol. The van der Waals surface area contributed by atoms with Crippen molar-refractivity contribution in [3.05, 3.63) is 72.2 Å². The molecule has 2 aromatic heterocycles. The number of halogens is 2. The summed E-state index contributed by atoms with van der Waals surface area (Å²) in [5.41, 5.74) is 0.358. The topological polar surface area (TPSA) is 124 Å². The highest BCUT2D eigenvalue weighted by Crippen LogP contribution is 2.33. The fraction of sp³-hybridized carbons (Fsp3) is 0.174. The summed E-state index contributed by atoms with van der Waals surface area (Å²) in [4.78, 5) is 20.4. The first-order valence-corrected chi connectivity index (χ1v) is 10.5. The molecule has 0 bridgehead atoms. The molecule has 2 N–H and O–H groups in total. The van der Waals surface area contributed by atoms with Crippen LogP contribution in [0.2, 0.25) is 0 Å². The van der Waals surface area contributed by atoms with E-state index in [1.165, 1.54) is 19.5 Å². The summed E-state index contributed by atoms with van der Waals surface area (Å²) in [5, 5.41) is 13.3. The number of amides is 1. The molecule has 1 aliphatic rings. The molecule has 1 saturated heterocycles. The van der Waals surface area contributed by atoms with Crippen molar-refractivity contribution in [2.24, 2.45) is 0 Å². The van der Waals surface area contributed by atoms with Gasteiger partial charge in [0, 0.05) is 48.1 Å². The molecule has 35 heavy (non-hydrogen) atoms. The van der Waals surface area contributed by atoms with E-state index < -0.39 is 29.5 Å². The Morgan fingerprint density at radius 2 is 1.86 bits per heavy atom. The van der Waals surface area contributed by atoms with Gasteiger partial charge in [0.25, 0.3) is 0 Å². The summed E-state index contributed by atoms with van der Waals surface area (Å²) in [5.74, 6) is -1.83. The Bertz CT molecular complexity index is 1330. The van der Waals surface area contributed by atoms with Crippen LogP contribution in [-0.4, -0.2) is 45.8 Å². The molecule has 5 rings (SSSR count). The minimum absolute atomic E-state index is 0.0327. The summed E-state index contributed by atoms with van der Waals surface area (Å²) < 4.78 is 45.4. The highest BCUT2D eigenvalue weighted by Gasteiger charge is 2.40. The number of aromatic nitrogens is 4. The minimum Gasteiger partial charge on any atom is -0.497 e. The Balaban J connectivity index is 1.32. The Hall–Kier alpha value is -4.61. The van der Waals surface area contributed by atoms with Gasteiger partial charge in [-0.2, -0.15) is 0 Å². The molecule has 1 amide bonds. The van der Waals surface area contributed by atoms with Crippen molar-refractivity contribution in [1.29, 1.82) is 0 Å². The molecule has 4 aromatic rings. The van der Waals surface area contributed by atoms with Gasteiger partial charge in [-0.1, -0.05) is 5.10 Å². The van der Waals surface area contributed by atoms with Gasteiger partial charge in [0.1, 0.15) is 29.2 Å². The van der Waals surface area contributed by atoms with Gasteiger partial charge in [0.05, 0.1) is 13.3 Å². The highest BCUT2D eigenvalue weighted by atomic mass is 19.1. The van der Waals surface area contributed by atoms with Crippen molar-refractivity contribution in [2.45, 2.75) is 12.0 Å². The maximum atomic E-state index is 14.6. The molecule has 10 nitrogen and oxygen atoms in total. The fourth-order valence-electron chi connectivity index (χ4n) is 3.74. The van der Waals surface area contributed by atoms with Crippen LogP contribution in [0.15, 0.2) is 59.4 Å². The molecule has 178 valence electrons. The van der Waals surface area contributed by atoms with Gasteiger partial charge in [0.15, 0.2) is 0 Å². The van der Waals surface area contributed by atoms with E-state index in [9.17, 15) is 13.6 Å². The zero-order valence-electron chi connectivity index (χ0n) is 18.2. The van der Waals surface area contributed by atoms with Gasteiger partial charge in [-0.3, -0.25) is 9.78 Å². The number of carbonyl (C=O) groups is 1. The maximum absolute atomic E-state index is 14.6. The lowest BCUT2D eigenvalue weighted by Crippen LogP contribution is -2.33. The smallest absolute Gasteiger partial charge is 0.316 e. The van der Waals surface area contributed by atoms with E-state index in [4.69, 9.17) is 13.9 Å². The number of hydrogen-bond acceptors (Lipinski definition) is 9. The van der Waals surface area contributed by atoms with Crippen LogP contribution in [0.3, 0.4) is 0 Å². The van der Waals surface area contributed by atoms with Crippen LogP contribution in [0.25, 0.3) is 11.5 Å². The Morgan fingerprint density at radius 3 is 2.54 bits per heavy atom. The molecule has 1 fully saturated rings. The van der Waals surface area contributed by atoms with Crippen LogP contribution in [0.4, 0.5) is 14.8 Å². The molecule has 2 atom stereocenters. The largest absolute Gasteiger partial charge is 0.497 e. The fourth-order valence-corrected chi connectivity index (χ4v) is 3.74. The summed E-state index contributed by atoms with van der Waals surface area (Å²) in [6, 6.07) is 7.84. The second kappa shape index (κ2) is 9.33. The van der Waals surface area contributed by atoms with Crippen LogP contribution in [0.1, 0.15) is 11.5 Å². The first-order valence-electron chi connectivity index (χ1n) is 10.5. The number of carbonyl (C=O) groups excluding carboxylic acids is 1. The number of anilines is 1. The van der Waals surface area contributed by atoms with E-state index in [0.717, 1.165) is 12.1 Å². The van der Waals surface area contributed by atoms with E-state index in [-0.39, 0.29) is 29.8 Å². The van der Waals surface area contributed by atoms with Crippen LogP contribution < -0.4 is 20.1 Å². The standard InChI is InChI=1S/C23H18F2N6O4/c1-33-14-8-16(24)19(17(25)9-14)15-10-28-21(32)20(15)29-23-31-30-22(35-23)12-2-4-13(5-3-12)34-18-11-26-6-7-27-18/h2-9,11,15,20H,10H2,1H3,(H,28,32)(H,29,31). The first kappa shape index (κ1) is 22.2. The number of methoxy groups -OCH3 is 1. The Morgan fingerprint density at radius 1 is 1.09 bits per heavy atom.